The maximum Gasteiger partial charge on any atom is 0.416 e. The topological polar surface area (TPSA) is 41.6 Å². The average molecular weight is 378 g/mol. The number of amides is 1. The first-order valence-electron chi connectivity index (χ1n) is 8.69. The van der Waals surface area contributed by atoms with Gasteiger partial charge in [0.25, 0.3) is 0 Å². The summed E-state index contributed by atoms with van der Waals surface area (Å²) in [4.78, 5) is 14.6. The van der Waals surface area contributed by atoms with Gasteiger partial charge in [-0.25, -0.2) is 0 Å². The van der Waals surface area contributed by atoms with Crippen LogP contribution in [-0.4, -0.2) is 37.6 Å². The van der Waals surface area contributed by atoms with Gasteiger partial charge in [-0.2, -0.15) is 13.2 Å². The van der Waals surface area contributed by atoms with Gasteiger partial charge in [-0.3, -0.25) is 4.79 Å². The van der Waals surface area contributed by atoms with Crippen LogP contribution in [0.5, 0.6) is 5.75 Å². The van der Waals surface area contributed by atoms with Crippen molar-refractivity contribution in [1.29, 1.82) is 0 Å². The molecule has 1 amide bonds. The Labute approximate surface area is 155 Å². The number of nitrogens with one attached hydrogen (secondary N) is 1. The fourth-order valence-electron chi connectivity index (χ4n) is 3.36. The number of para-hydroxylation sites is 1. The number of piperazine rings is 1. The van der Waals surface area contributed by atoms with E-state index in [1.807, 2.05) is 24.3 Å². The highest BCUT2D eigenvalue weighted by Crippen LogP contribution is 2.32. The number of alkyl halides is 3. The van der Waals surface area contributed by atoms with Gasteiger partial charge in [0.15, 0.2) is 0 Å². The van der Waals surface area contributed by atoms with Crippen molar-refractivity contribution in [3.8, 4) is 5.75 Å². The summed E-state index contributed by atoms with van der Waals surface area (Å²) in [6, 6.07) is 12.2. The summed E-state index contributed by atoms with van der Waals surface area (Å²) in [7, 11) is 1.57. The van der Waals surface area contributed by atoms with Crippen molar-refractivity contribution in [2.45, 2.75) is 18.6 Å². The van der Waals surface area contributed by atoms with Crippen molar-refractivity contribution in [2.24, 2.45) is 0 Å². The molecule has 1 fully saturated rings. The van der Waals surface area contributed by atoms with Crippen LogP contribution in [0.2, 0.25) is 0 Å². The number of ether oxygens (including phenoxy) is 1. The smallest absolute Gasteiger partial charge is 0.416 e. The highest BCUT2D eigenvalue weighted by molar-refractivity contribution is 5.79. The van der Waals surface area contributed by atoms with E-state index in [1.165, 1.54) is 6.07 Å². The normalized spacial score (nSPS) is 17.6. The van der Waals surface area contributed by atoms with Crippen molar-refractivity contribution in [3.05, 3.63) is 65.2 Å². The van der Waals surface area contributed by atoms with Crippen LogP contribution in [0.1, 0.15) is 22.7 Å². The minimum absolute atomic E-state index is 0.0738. The second kappa shape index (κ2) is 8.00. The van der Waals surface area contributed by atoms with Gasteiger partial charge in [-0.1, -0.05) is 36.4 Å². The van der Waals surface area contributed by atoms with Crippen molar-refractivity contribution < 1.29 is 22.7 Å². The zero-order valence-corrected chi connectivity index (χ0v) is 14.9. The lowest BCUT2D eigenvalue weighted by molar-refractivity contribution is -0.138. The Morgan fingerprint density at radius 1 is 1.22 bits per heavy atom. The van der Waals surface area contributed by atoms with Crippen LogP contribution in [0.25, 0.3) is 0 Å². The fraction of sp³-hybridized carbons (Fsp3) is 0.350. The van der Waals surface area contributed by atoms with Crippen LogP contribution in [0, 0.1) is 0 Å². The van der Waals surface area contributed by atoms with Gasteiger partial charge in [-0.05, 0) is 17.7 Å². The molecule has 1 heterocycles. The lowest BCUT2D eigenvalue weighted by atomic mass is 10.0. The second-order valence-electron chi connectivity index (χ2n) is 6.42. The molecule has 4 nitrogen and oxygen atoms in total. The van der Waals surface area contributed by atoms with E-state index in [2.05, 4.69) is 5.32 Å². The van der Waals surface area contributed by atoms with Gasteiger partial charge in [0.05, 0.1) is 25.1 Å². The summed E-state index contributed by atoms with van der Waals surface area (Å²) in [6.45, 7) is 1.69. The number of hydrogen-bond acceptors (Lipinski definition) is 3. The molecule has 2 aromatic rings. The lowest BCUT2D eigenvalue weighted by Gasteiger charge is -2.37. The van der Waals surface area contributed by atoms with Crippen molar-refractivity contribution in [2.75, 3.05) is 26.7 Å². The first kappa shape index (κ1) is 19.2. The standard InChI is InChI=1S/C20H21F3N2O2/c1-27-18-8-3-2-7-16(18)17-13-24-9-10-25(17)19(26)12-14-5-4-6-15(11-14)20(21,22)23/h2-8,11,17,24H,9-10,12-13H2,1H3. The van der Waals surface area contributed by atoms with E-state index >= 15 is 0 Å². The first-order valence-corrected chi connectivity index (χ1v) is 8.69. The third kappa shape index (κ3) is 4.42. The summed E-state index contributed by atoms with van der Waals surface area (Å²) in [5, 5.41) is 3.26. The molecule has 0 spiro atoms. The van der Waals surface area contributed by atoms with Gasteiger partial charge in [0.2, 0.25) is 5.91 Å². The monoisotopic (exact) mass is 378 g/mol. The Morgan fingerprint density at radius 3 is 2.74 bits per heavy atom. The van der Waals surface area contributed by atoms with E-state index in [4.69, 9.17) is 4.74 Å². The third-order valence-corrected chi connectivity index (χ3v) is 4.67. The summed E-state index contributed by atoms with van der Waals surface area (Å²) < 4.78 is 44.1. The highest BCUT2D eigenvalue weighted by Gasteiger charge is 2.32. The summed E-state index contributed by atoms with van der Waals surface area (Å²) in [6.07, 6.45) is -4.50. The predicted octanol–water partition coefficient (Wildman–Crippen LogP) is 3.43. The predicted molar refractivity (Wildman–Crippen MR) is 95.5 cm³/mol. The van der Waals surface area contributed by atoms with Gasteiger partial charge in [0, 0.05) is 25.2 Å². The Morgan fingerprint density at radius 2 is 2.00 bits per heavy atom. The maximum atomic E-state index is 12.9. The largest absolute Gasteiger partial charge is 0.496 e. The van der Waals surface area contributed by atoms with Crippen molar-refractivity contribution in [1.82, 2.24) is 10.2 Å². The third-order valence-electron chi connectivity index (χ3n) is 4.67. The molecule has 1 N–H and O–H groups in total. The first-order chi connectivity index (χ1) is 12.9. The number of rotatable bonds is 4. The quantitative estimate of drug-likeness (QED) is 0.886. The molecule has 1 unspecified atom stereocenters. The number of nitrogens with zero attached hydrogens (tertiary/aromatic N) is 1. The molecule has 144 valence electrons. The van der Waals surface area contributed by atoms with Crippen LogP contribution in [-0.2, 0) is 17.4 Å². The van der Waals surface area contributed by atoms with E-state index in [9.17, 15) is 18.0 Å². The molecule has 2 aromatic carbocycles. The van der Waals surface area contributed by atoms with Crippen LogP contribution < -0.4 is 10.1 Å². The number of carbonyl (C=O) groups excluding carboxylic acids is 1. The molecule has 1 aliphatic heterocycles. The van der Waals surface area contributed by atoms with Gasteiger partial charge in [0.1, 0.15) is 5.75 Å². The number of hydrogen-bond donors (Lipinski definition) is 1. The summed E-state index contributed by atoms with van der Waals surface area (Å²) in [5.74, 6) is 0.481. The molecule has 1 saturated heterocycles. The minimum Gasteiger partial charge on any atom is -0.496 e. The minimum atomic E-state index is -4.42. The average Bonchev–Trinajstić information content (AvgIpc) is 2.67. The van der Waals surface area contributed by atoms with Gasteiger partial charge in [-0.15, -0.1) is 0 Å². The Balaban J connectivity index is 1.82. The number of methoxy groups -OCH3 is 1. The molecular weight excluding hydrogens is 357 g/mol. The number of halogens is 3. The molecule has 0 aromatic heterocycles. The number of carbonyl (C=O) groups is 1. The van der Waals surface area contributed by atoms with Gasteiger partial charge < -0.3 is 15.0 Å². The zero-order valence-electron chi connectivity index (χ0n) is 14.9. The Bertz CT molecular complexity index is 808. The maximum absolute atomic E-state index is 12.9. The van der Waals surface area contributed by atoms with E-state index in [0.717, 1.165) is 17.7 Å². The van der Waals surface area contributed by atoms with Crippen molar-refractivity contribution in [3.63, 3.8) is 0 Å². The molecule has 0 saturated carbocycles. The molecule has 0 bridgehead atoms. The molecule has 1 aliphatic rings. The van der Waals surface area contributed by atoms with E-state index < -0.39 is 11.7 Å². The highest BCUT2D eigenvalue weighted by atomic mass is 19.4. The fourth-order valence-corrected chi connectivity index (χ4v) is 3.36. The zero-order chi connectivity index (χ0) is 19.4. The summed E-state index contributed by atoms with van der Waals surface area (Å²) in [5.41, 5.74) is 0.492. The Kier molecular flexibility index (Phi) is 5.70. The molecule has 1 atom stereocenters. The van der Waals surface area contributed by atoms with E-state index in [0.29, 0.717) is 30.9 Å². The molecule has 3 rings (SSSR count). The van der Waals surface area contributed by atoms with Crippen LogP contribution in [0.3, 0.4) is 0 Å². The van der Waals surface area contributed by atoms with Crippen molar-refractivity contribution >= 4 is 5.91 Å². The van der Waals surface area contributed by atoms with E-state index in [1.54, 1.807) is 18.1 Å². The molecule has 0 aliphatic carbocycles. The van der Waals surface area contributed by atoms with Crippen LogP contribution >= 0.6 is 0 Å². The second-order valence-corrected chi connectivity index (χ2v) is 6.42. The molecule has 0 radical (unpaired) electrons. The lowest BCUT2D eigenvalue weighted by Crippen LogP contribution is -2.49. The molecular formula is C20H21F3N2O2. The summed E-state index contributed by atoms with van der Waals surface area (Å²) >= 11 is 0. The molecule has 7 heteroatoms. The SMILES string of the molecule is COc1ccccc1C1CNCCN1C(=O)Cc1cccc(C(F)(F)F)c1. The van der Waals surface area contributed by atoms with E-state index in [-0.39, 0.29) is 18.4 Å². The van der Waals surface area contributed by atoms with Crippen LogP contribution in [0.4, 0.5) is 13.2 Å². The number of benzene rings is 2. The van der Waals surface area contributed by atoms with Crippen LogP contribution in [0.15, 0.2) is 48.5 Å². The Hall–Kier alpha value is -2.54. The van der Waals surface area contributed by atoms with Gasteiger partial charge >= 0.3 is 6.18 Å². The molecule has 27 heavy (non-hydrogen) atoms.